The number of halogens is 1. The quantitative estimate of drug-likeness (QED) is 0.786. The molecule has 2 heterocycles. The molecule has 0 aliphatic heterocycles. The Labute approximate surface area is 104 Å². The molecule has 17 heavy (non-hydrogen) atoms. The molecule has 0 aliphatic carbocycles. The number of imidazole rings is 1. The van der Waals surface area contributed by atoms with E-state index in [0.717, 1.165) is 18.5 Å². The number of nitrogens with zero attached hydrogens (tertiary/aromatic N) is 4. The van der Waals surface area contributed by atoms with E-state index in [1.807, 2.05) is 4.90 Å². The first-order valence-electron chi connectivity index (χ1n) is 5.48. The average molecular weight is 256 g/mol. The van der Waals surface area contributed by atoms with Gasteiger partial charge in [-0.15, -0.1) is 0 Å². The number of aromatic nitrogens is 4. The zero-order chi connectivity index (χ0) is 12.3. The minimum Gasteiger partial charge on any atom is -0.395 e. The molecule has 2 aromatic heterocycles. The number of anilines is 1. The molecule has 0 aliphatic rings. The standard InChI is InChI=1S/C10H14ClN5O/c1-2-3-16(4-5-17)9-7-8(13-6-12-7)14-10(11)15-9/h6,17H,2-5H2,1H3,(H,12,13,14,15). The fraction of sp³-hybridized carbons (Fsp3) is 0.500. The highest BCUT2D eigenvalue weighted by atomic mass is 35.5. The highest BCUT2D eigenvalue weighted by Gasteiger charge is 2.14. The molecule has 0 atom stereocenters. The largest absolute Gasteiger partial charge is 0.395 e. The van der Waals surface area contributed by atoms with Gasteiger partial charge < -0.3 is 15.0 Å². The van der Waals surface area contributed by atoms with Gasteiger partial charge in [0.15, 0.2) is 11.5 Å². The number of hydrogen-bond acceptors (Lipinski definition) is 5. The fourth-order valence-corrected chi connectivity index (χ4v) is 1.90. The van der Waals surface area contributed by atoms with Crippen LogP contribution in [-0.4, -0.2) is 44.7 Å². The molecule has 2 N–H and O–H groups in total. The van der Waals surface area contributed by atoms with Gasteiger partial charge in [0, 0.05) is 13.1 Å². The van der Waals surface area contributed by atoms with Crippen LogP contribution < -0.4 is 4.90 Å². The Hall–Kier alpha value is -1.40. The number of fused-ring (bicyclic) bond motifs is 1. The predicted molar refractivity (Wildman–Crippen MR) is 66.3 cm³/mol. The number of nitrogens with one attached hydrogen (secondary N) is 1. The van der Waals surface area contributed by atoms with Gasteiger partial charge in [0.2, 0.25) is 5.28 Å². The van der Waals surface area contributed by atoms with Crippen LogP contribution >= 0.6 is 11.6 Å². The van der Waals surface area contributed by atoms with Gasteiger partial charge in [-0.05, 0) is 18.0 Å². The SMILES string of the molecule is CCCN(CCO)c1nc(Cl)nc2nc[nH]c12. The number of hydrogen-bond donors (Lipinski definition) is 2. The van der Waals surface area contributed by atoms with Gasteiger partial charge in [0.25, 0.3) is 0 Å². The van der Waals surface area contributed by atoms with Crippen molar-refractivity contribution in [2.45, 2.75) is 13.3 Å². The van der Waals surface area contributed by atoms with Gasteiger partial charge in [0.05, 0.1) is 12.9 Å². The Kier molecular flexibility index (Phi) is 3.75. The highest BCUT2D eigenvalue weighted by molar-refractivity contribution is 6.28. The van der Waals surface area contributed by atoms with Crippen LogP contribution in [0.25, 0.3) is 11.2 Å². The molecule has 0 saturated carbocycles. The summed E-state index contributed by atoms with van der Waals surface area (Å²) in [5, 5.41) is 9.24. The first-order valence-corrected chi connectivity index (χ1v) is 5.86. The summed E-state index contributed by atoms with van der Waals surface area (Å²) >= 11 is 5.86. The molecule has 0 amide bonds. The summed E-state index contributed by atoms with van der Waals surface area (Å²) in [7, 11) is 0. The van der Waals surface area contributed by atoms with Crippen LogP contribution in [-0.2, 0) is 0 Å². The summed E-state index contributed by atoms with van der Waals surface area (Å²) in [5.41, 5.74) is 1.29. The lowest BCUT2D eigenvalue weighted by atomic mass is 10.3. The van der Waals surface area contributed by atoms with Crippen molar-refractivity contribution >= 4 is 28.6 Å². The van der Waals surface area contributed by atoms with Crippen LogP contribution in [0.1, 0.15) is 13.3 Å². The maximum atomic E-state index is 9.07. The van der Waals surface area contributed by atoms with Crippen molar-refractivity contribution in [3.05, 3.63) is 11.6 Å². The lowest BCUT2D eigenvalue weighted by Gasteiger charge is -2.22. The summed E-state index contributed by atoms with van der Waals surface area (Å²) in [4.78, 5) is 17.3. The topological polar surface area (TPSA) is 77.9 Å². The van der Waals surface area contributed by atoms with Crippen molar-refractivity contribution in [3.63, 3.8) is 0 Å². The van der Waals surface area contributed by atoms with Gasteiger partial charge in [-0.2, -0.15) is 9.97 Å². The van der Waals surface area contributed by atoms with Crippen molar-refractivity contribution in [2.24, 2.45) is 0 Å². The van der Waals surface area contributed by atoms with Gasteiger partial charge in [-0.1, -0.05) is 6.92 Å². The Morgan fingerprint density at radius 1 is 1.41 bits per heavy atom. The van der Waals surface area contributed by atoms with Gasteiger partial charge in [-0.25, -0.2) is 4.98 Å². The predicted octanol–water partition coefficient (Wildman–Crippen LogP) is 1.21. The monoisotopic (exact) mass is 255 g/mol. The fourth-order valence-electron chi connectivity index (χ4n) is 1.74. The van der Waals surface area contributed by atoms with Gasteiger partial charge in [-0.3, -0.25) is 0 Å². The van der Waals surface area contributed by atoms with Crippen molar-refractivity contribution in [1.29, 1.82) is 0 Å². The number of aliphatic hydroxyl groups is 1. The molecular formula is C10H14ClN5O. The molecule has 2 aromatic rings. The number of H-pyrrole nitrogens is 1. The lowest BCUT2D eigenvalue weighted by Crippen LogP contribution is -2.28. The minimum absolute atomic E-state index is 0.0667. The molecule has 2 rings (SSSR count). The van der Waals surface area contributed by atoms with Crippen molar-refractivity contribution in [3.8, 4) is 0 Å². The molecule has 0 saturated heterocycles. The number of rotatable bonds is 5. The molecule has 0 fully saturated rings. The summed E-state index contributed by atoms with van der Waals surface area (Å²) < 4.78 is 0. The molecule has 0 aromatic carbocycles. The summed E-state index contributed by atoms with van der Waals surface area (Å²) in [6.45, 7) is 3.44. The first-order chi connectivity index (χ1) is 8.26. The smallest absolute Gasteiger partial charge is 0.226 e. The van der Waals surface area contributed by atoms with Crippen molar-refractivity contribution < 1.29 is 5.11 Å². The second kappa shape index (κ2) is 5.29. The Morgan fingerprint density at radius 2 is 2.24 bits per heavy atom. The van der Waals surface area contributed by atoms with Crippen LogP contribution in [0.5, 0.6) is 0 Å². The normalized spacial score (nSPS) is 11.0. The van der Waals surface area contributed by atoms with Crippen LogP contribution in [0.15, 0.2) is 6.33 Å². The van der Waals surface area contributed by atoms with E-state index in [4.69, 9.17) is 16.7 Å². The summed E-state index contributed by atoms with van der Waals surface area (Å²) in [6.07, 6.45) is 2.51. The van der Waals surface area contributed by atoms with E-state index >= 15 is 0 Å². The van der Waals surface area contributed by atoms with Gasteiger partial charge in [0.1, 0.15) is 5.52 Å². The van der Waals surface area contributed by atoms with E-state index in [2.05, 4.69) is 26.9 Å². The third-order valence-electron chi connectivity index (χ3n) is 2.40. The number of aliphatic hydroxyl groups excluding tert-OH is 1. The van der Waals surface area contributed by atoms with Crippen LogP contribution in [0.4, 0.5) is 5.82 Å². The second-order valence-electron chi connectivity index (χ2n) is 3.63. The Bertz CT molecular complexity index is 494. The minimum atomic E-state index is 0.0667. The van der Waals surface area contributed by atoms with Crippen molar-refractivity contribution in [2.75, 3.05) is 24.6 Å². The maximum Gasteiger partial charge on any atom is 0.226 e. The third-order valence-corrected chi connectivity index (χ3v) is 2.57. The van der Waals surface area contributed by atoms with Crippen LogP contribution in [0.2, 0.25) is 5.28 Å². The average Bonchev–Trinajstić information content (AvgIpc) is 2.75. The zero-order valence-corrected chi connectivity index (χ0v) is 10.3. The molecule has 92 valence electrons. The van der Waals surface area contributed by atoms with Gasteiger partial charge >= 0.3 is 0 Å². The lowest BCUT2D eigenvalue weighted by molar-refractivity contribution is 0.301. The molecule has 7 heteroatoms. The van der Waals surface area contributed by atoms with E-state index in [0.29, 0.717) is 18.0 Å². The van der Waals surface area contributed by atoms with E-state index in [1.165, 1.54) is 0 Å². The maximum absolute atomic E-state index is 9.07. The second-order valence-corrected chi connectivity index (χ2v) is 3.97. The van der Waals surface area contributed by atoms with Crippen LogP contribution in [0, 0.1) is 0 Å². The zero-order valence-electron chi connectivity index (χ0n) is 9.52. The Morgan fingerprint density at radius 3 is 2.94 bits per heavy atom. The van der Waals surface area contributed by atoms with Crippen LogP contribution in [0.3, 0.4) is 0 Å². The third kappa shape index (κ3) is 2.48. The molecule has 0 radical (unpaired) electrons. The Balaban J connectivity index is 2.46. The van der Waals surface area contributed by atoms with E-state index in [9.17, 15) is 0 Å². The first kappa shape index (κ1) is 12.1. The number of aromatic amines is 1. The molecular weight excluding hydrogens is 242 g/mol. The van der Waals surface area contributed by atoms with Crippen molar-refractivity contribution in [1.82, 2.24) is 19.9 Å². The van der Waals surface area contributed by atoms with E-state index in [1.54, 1.807) is 6.33 Å². The van der Waals surface area contributed by atoms with E-state index < -0.39 is 0 Å². The molecule has 0 bridgehead atoms. The molecule has 0 unspecified atom stereocenters. The van der Waals surface area contributed by atoms with E-state index in [-0.39, 0.29) is 11.9 Å². The molecule has 0 spiro atoms. The summed E-state index contributed by atoms with van der Waals surface area (Å²) in [6, 6.07) is 0. The highest BCUT2D eigenvalue weighted by Crippen LogP contribution is 2.22. The molecule has 6 nitrogen and oxygen atoms in total. The summed E-state index contributed by atoms with van der Waals surface area (Å²) in [5.74, 6) is 0.688.